The van der Waals surface area contributed by atoms with E-state index in [2.05, 4.69) is 20.3 Å². The largest absolute Gasteiger partial charge is 0.354 e. The molecule has 8 heteroatoms. The van der Waals surface area contributed by atoms with Gasteiger partial charge in [0.15, 0.2) is 5.96 Å². The van der Waals surface area contributed by atoms with Gasteiger partial charge >= 0.3 is 0 Å². The number of nitrogens with one attached hydrogen (secondary N) is 3. The van der Waals surface area contributed by atoms with Crippen LogP contribution in [0, 0.1) is 0 Å². The van der Waals surface area contributed by atoms with Crippen molar-refractivity contribution in [1.29, 1.82) is 0 Å². The summed E-state index contributed by atoms with van der Waals surface area (Å²) in [6.07, 6.45) is 0. The van der Waals surface area contributed by atoms with Gasteiger partial charge in [0.05, 0.1) is 5.75 Å². The van der Waals surface area contributed by atoms with Crippen molar-refractivity contribution in [2.45, 2.75) is 32.2 Å². The number of benzene rings is 1. The maximum atomic E-state index is 11.5. The Morgan fingerprint density at radius 1 is 1.18 bits per heavy atom. The maximum Gasteiger partial charge on any atom is 0.215 e. The van der Waals surface area contributed by atoms with Crippen molar-refractivity contribution in [2.75, 3.05) is 14.1 Å². The summed E-state index contributed by atoms with van der Waals surface area (Å²) in [7, 11) is -0.0801. The molecule has 0 aliphatic heterocycles. The lowest BCUT2D eigenvalue weighted by Crippen LogP contribution is -2.40. The molecule has 0 unspecified atom stereocenters. The fourth-order valence-corrected chi connectivity index (χ4v) is 2.47. The van der Waals surface area contributed by atoms with Crippen molar-refractivity contribution in [3.05, 3.63) is 35.4 Å². The SMILES string of the molecule is CN=C(NCc1ccc(CS(=O)(=O)NC)cc1)NC(C)C.I. The highest BCUT2D eigenvalue weighted by Gasteiger charge is 2.08. The Bertz CT molecular complexity index is 571. The first-order valence-corrected chi connectivity index (χ1v) is 8.47. The van der Waals surface area contributed by atoms with Crippen LogP contribution in [0.3, 0.4) is 0 Å². The summed E-state index contributed by atoms with van der Waals surface area (Å²) < 4.78 is 25.2. The van der Waals surface area contributed by atoms with Crippen LogP contribution in [0.5, 0.6) is 0 Å². The minimum Gasteiger partial charge on any atom is -0.354 e. The van der Waals surface area contributed by atoms with E-state index in [0.29, 0.717) is 12.6 Å². The first-order chi connectivity index (χ1) is 9.86. The lowest BCUT2D eigenvalue weighted by Gasteiger charge is -2.14. The molecule has 0 aliphatic rings. The van der Waals surface area contributed by atoms with Gasteiger partial charge in [0.2, 0.25) is 10.0 Å². The molecule has 0 heterocycles. The van der Waals surface area contributed by atoms with Crippen LogP contribution in [0.15, 0.2) is 29.3 Å². The number of sulfonamides is 1. The molecular weight excluding hydrogens is 415 g/mol. The molecule has 0 atom stereocenters. The predicted molar refractivity (Wildman–Crippen MR) is 102 cm³/mol. The second-order valence-electron chi connectivity index (χ2n) is 5.00. The van der Waals surface area contributed by atoms with Crippen LogP contribution in [-0.4, -0.2) is 34.5 Å². The monoisotopic (exact) mass is 440 g/mol. The third kappa shape index (κ3) is 7.95. The van der Waals surface area contributed by atoms with Crippen LogP contribution in [0.1, 0.15) is 25.0 Å². The van der Waals surface area contributed by atoms with E-state index in [1.807, 2.05) is 38.1 Å². The Morgan fingerprint density at radius 2 is 1.73 bits per heavy atom. The van der Waals surface area contributed by atoms with E-state index in [9.17, 15) is 8.42 Å². The molecule has 1 rings (SSSR count). The fraction of sp³-hybridized carbons (Fsp3) is 0.500. The van der Waals surface area contributed by atoms with Gasteiger partial charge in [-0.25, -0.2) is 13.1 Å². The summed E-state index contributed by atoms with van der Waals surface area (Å²) in [6, 6.07) is 7.78. The number of guanidine groups is 1. The molecule has 0 fully saturated rings. The number of hydrogen-bond acceptors (Lipinski definition) is 3. The summed E-state index contributed by atoms with van der Waals surface area (Å²) >= 11 is 0. The highest BCUT2D eigenvalue weighted by Crippen LogP contribution is 2.07. The van der Waals surface area contributed by atoms with Gasteiger partial charge in [-0.2, -0.15) is 0 Å². The van der Waals surface area contributed by atoms with Crippen molar-refractivity contribution in [2.24, 2.45) is 4.99 Å². The van der Waals surface area contributed by atoms with E-state index < -0.39 is 10.0 Å². The van der Waals surface area contributed by atoms with E-state index in [1.54, 1.807) is 7.05 Å². The first-order valence-electron chi connectivity index (χ1n) is 6.82. The number of halogens is 1. The standard InChI is InChI=1S/C14H24N4O2S.HI/c1-11(2)18-14(15-3)17-9-12-5-7-13(8-6-12)10-21(19,20)16-4;/h5-8,11,16H,9-10H2,1-4H3,(H2,15,17,18);1H. The summed E-state index contributed by atoms with van der Waals surface area (Å²) in [5.41, 5.74) is 1.82. The Hall–Kier alpha value is -0.870. The predicted octanol–water partition coefficient (Wildman–Crippen LogP) is 1.43. The summed E-state index contributed by atoms with van der Waals surface area (Å²) in [4.78, 5) is 4.13. The zero-order valence-corrected chi connectivity index (χ0v) is 16.5. The molecule has 0 bridgehead atoms. The van der Waals surface area contributed by atoms with E-state index in [-0.39, 0.29) is 29.7 Å². The van der Waals surface area contributed by atoms with Crippen molar-refractivity contribution >= 4 is 40.0 Å². The summed E-state index contributed by atoms with van der Waals surface area (Å²) in [5.74, 6) is 0.736. The van der Waals surface area contributed by atoms with Crippen molar-refractivity contribution in [1.82, 2.24) is 15.4 Å². The molecule has 0 saturated carbocycles. The average Bonchev–Trinajstić information content (AvgIpc) is 2.44. The van der Waals surface area contributed by atoms with Crippen LogP contribution in [0.2, 0.25) is 0 Å². The minimum atomic E-state index is -3.22. The topological polar surface area (TPSA) is 82.6 Å². The van der Waals surface area contributed by atoms with Crippen LogP contribution in [0.25, 0.3) is 0 Å². The molecule has 1 aromatic carbocycles. The molecule has 0 radical (unpaired) electrons. The van der Waals surface area contributed by atoms with Gasteiger partial charge in [-0.1, -0.05) is 24.3 Å². The molecule has 0 saturated heterocycles. The second kappa shape index (κ2) is 10.0. The van der Waals surface area contributed by atoms with Gasteiger partial charge in [0.25, 0.3) is 0 Å². The fourth-order valence-electron chi connectivity index (χ4n) is 1.70. The van der Waals surface area contributed by atoms with Gasteiger partial charge in [0.1, 0.15) is 0 Å². The van der Waals surface area contributed by atoms with Crippen LogP contribution >= 0.6 is 24.0 Å². The first kappa shape index (κ1) is 21.1. The van der Waals surface area contributed by atoms with E-state index in [1.165, 1.54) is 7.05 Å². The number of nitrogens with zero attached hydrogens (tertiary/aromatic N) is 1. The molecule has 0 spiro atoms. The van der Waals surface area contributed by atoms with E-state index in [0.717, 1.165) is 17.1 Å². The van der Waals surface area contributed by atoms with Crippen LogP contribution in [0.4, 0.5) is 0 Å². The van der Waals surface area contributed by atoms with Crippen molar-refractivity contribution < 1.29 is 8.42 Å². The normalized spacial score (nSPS) is 12.0. The highest BCUT2D eigenvalue weighted by molar-refractivity contribution is 14.0. The molecule has 1 aromatic rings. The van der Waals surface area contributed by atoms with E-state index in [4.69, 9.17) is 0 Å². The summed E-state index contributed by atoms with van der Waals surface area (Å²) in [6.45, 7) is 4.72. The zero-order chi connectivity index (χ0) is 15.9. The molecule has 0 aromatic heterocycles. The lowest BCUT2D eigenvalue weighted by molar-refractivity contribution is 0.587. The van der Waals surface area contributed by atoms with E-state index >= 15 is 0 Å². The van der Waals surface area contributed by atoms with Gasteiger partial charge in [-0.15, -0.1) is 24.0 Å². The van der Waals surface area contributed by atoms with Crippen LogP contribution < -0.4 is 15.4 Å². The Morgan fingerprint density at radius 3 is 2.18 bits per heavy atom. The smallest absolute Gasteiger partial charge is 0.215 e. The Kier molecular flexibility index (Phi) is 9.61. The molecule has 126 valence electrons. The van der Waals surface area contributed by atoms with Crippen molar-refractivity contribution in [3.63, 3.8) is 0 Å². The van der Waals surface area contributed by atoms with Gasteiger partial charge in [-0.3, -0.25) is 4.99 Å². The summed E-state index contributed by atoms with van der Waals surface area (Å²) in [5, 5.41) is 6.41. The number of rotatable bonds is 6. The van der Waals surface area contributed by atoms with Gasteiger partial charge < -0.3 is 10.6 Å². The van der Waals surface area contributed by atoms with Crippen LogP contribution in [-0.2, 0) is 22.3 Å². The third-order valence-electron chi connectivity index (χ3n) is 2.80. The number of aliphatic imine (C=N–C) groups is 1. The molecule has 3 N–H and O–H groups in total. The van der Waals surface area contributed by atoms with Gasteiger partial charge in [0, 0.05) is 19.6 Å². The maximum absolute atomic E-state index is 11.5. The minimum absolute atomic E-state index is 0. The second-order valence-corrected chi connectivity index (χ2v) is 6.93. The third-order valence-corrected chi connectivity index (χ3v) is 4.14. The molecule has 0 aliphatic carbocycles. The Balaban J connectivity index is 0.00000441. The molecule has 22 heavy (non-hydrogen) atoms. The average molecular weight is 440 g/mol. The Labute approximate surface area is 150 Å². The van der Waals surface area contributed by atoms with Crippen molar-refractivity contribution in [3.8, 4) is 0 Å². The zero-order valence-electron chi connectivity index (χ0n) is 13.4. The highest BCUT2D eigenvalue weighted by atomic mass is 127. The molecular formula is C14H25IN4O2S. The molecule has 0 amide bonds. The van der Waals surface area contributed by atoms with Gasteiger partial charge in [-0.05, 0) is 32.0 Å². The lowest BCUT2D eigenvalue weighted by atomic mass is 10.1. The number of hydrogen-bond donors (Lipinski definition) is 3. The molecule has 6 nitrogen and oxygen atoms in total. The quantitative estimate of drug-likeness (QED) is 0.355.